The molecule has 7 heteroatoms. The van der Waals surface area contributed by atoms with Crippen LogP contribution in [0.1, 0.15) is 34.1 Å². The highest BCUT2D eigenvalue weighted by Crippen LogP contribution is 2.05. The van der Waals surface area contributed by atoms with Crippen LogP contribution >= 0.6 is 0 Å². The Morgan fingerprint density at radius 2 is 1.63 bits per heavy atom. The third-order valence-electron chi connectivity index (χ3n) is 2.37. The Morgan fingerprint density at radius 3 is 2.05 bits per heavy atom. The van der Waals surface area contributed by atoms with Crippen LogP contribution in [0.4, 0.5) is 4.79 Å². The summed E-state index contributed by atoms with van der Waals surface area (Å²) in [5, 5.41) is 16.3. The molecule has 19 heavy (non-hydrogen) atoms. The molecule has 1 unspecified atom stereocenters. The summed E-state index contributed by atoms with van der Waals surface area (Å²) >= 11 is 0. The minimum Gasteiger partial charge on any atom is -0.481 e. The second-order valence-electron chi connectivity index (χ2n) is 5.00. The van der Waals surface area contributed by atoms with Gasteiger partial charge in [-0.05, 0) is 19.8 Å². The van der Waals surface area contributed by atoms with Crippen molar-refractivity contribution < 1.29 is 19.5 Å². The van der Waals surface area contributed by atoms with Crippen LogP contribution in [0.3, 0.4) is 0 Å². The second kappa shape index (κ2) is 8.34. The molecule has 0 aromatic rings. The van der Waals surface area contributed by atoms with Gasteiger partial charge in [0.25, 0.3) is 0 Å². The average molecular weight is 273 g/mol. The molecule has 0 rings (SSSR count). The Bertz CT molecular complexity index is 329. The Morgan fingerprint density at radius 1 is 1.05 bits per heavy atom. The van der Waals surface area contributed by atoms with Crippen molar-refractivity contribution in [3.05, 3.63) is 0 Å². The molecule has 4 N–H and O–H groups in total. The van der Waals surface area contributed by atoms with Gasteiger partial charge in [0.15, 0.2) is 0 Å². The van der Waals surface area contributed by atoms with Crippen LogP contribution in [0.5, 0.6) is 0 Å². The average Bonchev–Trinajstić information content (AvgIpc) is 2.23. The van der Waals surface area contributed by atoms with E-state index in [0.29, 0.717) is 0 Å². The lowest BCUT2D eigenvalue weighted by Gasteiger charge is -2.20. The highest BCUT2D eigenvalue weighted by atomic mass is 16.4. The van der Waals surface area contributed by atoms with Gasteiger partial charge in [0, 0.05) is 12.1 Å². The number of carboxylic acid groups (broad SMARTS) is 1. The van der Waals surface area contributed by atoms with Crippen molar-refractivity contribution >= 4 is 17.9 Å². The van der Waals surface area contributed by atoms with Crippen molar-refractivity contribution in [1.29, 1.82) is 0 Å². The molecule has 0 bridgehead atoms. The van der Waals surface area contributed by atoms with Crippen LogP contribution in [0.15, 0.2) is 0 Å². The predicted octanol–water partition coefficient (Wildman–Crippen LogP) is 0.310. The molecular formula is C12H23N3O4. The number of hydrogen-bond acceptors (Lipinski definition) is 3. The van der Waals surface area contributed by atoms with Crippen LogP contribution < -0.4 is 16.0 Å². The summed E-state index contributed by atoms with van der Waals surface area (Å²) in [5.74, 6) is -1.27. The van der Waals surface area contributed by atoms with Crippen LogP contribution in [-0.4, -0.2) is 41.6 Å². The standard InChI is InChI=1S/C12H23N3O4/c1-7(2)9(5-11(17)18)15-12(19)13-6-10(16)14-8(3)4/h7-9H,5-6H2,1-4H3,(H,14,16)(H,17,18)(H2,13,15,19). The molecule has 0 saturated carbocycles. The summed E-state index contributed by atoms with van der Waals surface area (Å²) < 4.78 is 0. The fourth-order valence-corrected chi connectivity index (χ4v) is 1.39. The molecule has 3 amide bonds. The number of carboxylic acids is 1. The summed E-state index contributed by atoms with van der Waals surface area (Å²) in [7, 11) is 0. The molecule has 0 aromatic heterocycles. The third-order valence-corrected chi connectivity index (χ3v) is 2.37. The number of carbonyl (C=O) groups excluding carboxylic acids is 2. The molecule has 0 aromatic carbocycles. The number of carbonyl (C=O) groups is 3. The van der Waals surface area contributed by atoms with Crippen molar-refractivity contribution in [1.82, 2.24) is 16.0 Å². The zero-order chi connectivity index (χ0) is 15.0. The van der Waals surface area contributed by atoms with E-state index in [9.17, 15) is 14.4 Å². The molecule has 0 spiro atoms. The van der Waals surface area contributed by atoms with E-state index in [0.717, 1.165) is 0 Å². The van der Waals surface area contributed by atoms with E-state index in [1.54, 1.807) is 0 Å². The largest absolute Gasteiger partial charge is 0.481 e. The summed E-state index contributed by atoms with van der Waals surface area (Å²) in [6, 6.07) is -1.00. The summed E-state index contributed by atoms with van der Waals surface area (Å²) in [4.78, 5) is 33.5. The first-order valence-corrected chi connectivity index (χ1v) is 6.27. The number of rotatable bonds is 7. The first kappa shape index (κ1) is 17.2. The fourth-order valence-electron chi connectivity index (χ4n) is 1.39. The van der Waals surface area contributed by atoms with Crippen molar-refractivity contribution in [2.75, 3.05) is 6.54 Å². The van der Waals surface area contributed by atoms with Crippen molar-refractivity contribution in [3.63, 3.8) is 0 Å². The molecule has 1 atom stereocenters. The Kier molecular flexibility index (Phi) is 7.55. The highest BCUT2D eigenvalue weighted by molar-refractivity contribution is 5.84. The SMILES string of the molecule is CC(C)NC(=O)CNC(=O)NC(CC(=O)O)C(C)C. The molecule has 0 aliphatic heterocycles. The first-order valence-electron chi connectivity index (χ1n) is 6.27. The maximum Gasteiger partial charge on any atom is 0.315 e. The predicted molar refractivity (Wildman–Crippen MR) is 70.7 cm³/mol. The smallest absolute Gasteiger partial charge is 0.315 e. The van der Waals surface area contributed by atoms with Gasteiger partial charge < -0.3 is 21.1 Å². The van der Waals surface area contributed by atoms with Gasteiger partial charge in [0.2, 0.25) is 5.91 Å². The van der Waals surface area contributed by atoms with E-state index in [-0.39, 0.29) is 30.8 Å². The van der Waals surface area contributed by atoms with Crippen LogP contribution in [0.2, 0.25) is 0 Å². The van der Waals surface area contributed by atoms with Crippen molar-refractivity contribution in [2.24, 2.45) is 5.92 Å². The van der Waals surface area contributed by atoms with Crippen LogP contribution in [0.25, 0.3) is 0 Å². The summed E-state index contributed by atoms with van der Waals surface area (Å²) in [6.45, 7) is 7.14. The molecule has 0 aliphatic carbocycles. The van der Waals surface area contributed by atoms with Crippen LogP contribution in [-0.2, 0) is 9.59 Å². The number of amides is 3. The van der Waals surface area contributed by atoms with E-state index in [1.165, 1.54) is 0 Å². The quantitative estimate of drug-likeness (QED) is 0.535. The molecular weight excluding hydrogens is 250 g/mol. The Labute approximate surface area is 113 Å². The fraction of sp³-hybridized carbons (Fsp3) is 0.750. The monoisotopic (exact) mass is 273 g/mol. The van der Waals surface area contributed by atoms with E-state index in [2.05, 4.69) is 16.0 Å². The van der Waals surface area contributed by atoms with E-state index in [1.807, 2.05) is 27.7 Å². The van der Waals surface area contributed by atoms with E-state index >= 15 is 0 Å². The minimum atomic E-state index is -0.975. The van der Waals surface area contributed by atoms with Gasteiger partial charge in [-0.2, -0.15) is 0 Å². The molecule has 0 saturated heterocycles. The van der Waals surface area contributed by atoms with E-state index < -0.39 is 18.0 Å². The van der Waals surface area contributed by atoms with Gasteiger partial charge in [-0.25, -0.2) is 4.79 Å². The van der Waals surface area contributed by atoms with Gasteiger partial charge in [-0.3, -0.25) is 9.59 Å². The van der Waals surface area contributed by atoms with Gasteiger partial charge in [0.1, 0.15) is 0 Å². The lowest BCUT2D eigenvalue weighted by atomic mass is 10.0. The molecule has 7 nitrogen and oxygen atoms in total. The normalized spacial score (nSPS) is 12.1. The van der Waals surface area contributed by atoms with Crippen molar-refractivity contribution in [2.45, 2.75) is 46.2 Å². The zero-order valence-corrected chi connectivity index (χ0v) is 11.8. The first-order chi connectivity index (χ1) is 8.72. The molecule has 0 aliphatic rings. The lowest BCUT2D eigenvalue weighted by Crippen LogP contribution is -2.48. The minimum absolute atomic E-state index is 0.00721. The maximum atomic E-state index is 11.5. The van der Waals surface area contributed by atoms with Gasteiger partial charge in [-0.15, -0.1) is 0 Å². The second-order valence-corrected chi connectivity index (χ2v) is 5.00. The van der Waals surface area contributed by atoms with Gasteiger partial charge in [0.05, 0.1) is 13.0 Å². The summed E-state index contributed by atoms with van der Waals surface area (Å²) in [6.07, 6.45) is -0.150. The molecule has 0 radical (unpaired) electrons. The zero-order valence-electron chi connectivity index (χ0n) is 11.8. The van der Waals surface area contributed by atoms with Gasteiger partial charge in [-0.1, -0.05) is 13.8 Å². The topological polar surface area (TPSA) is 108 Å². The number of aliphatic carboxylic acids is 1. The van der Waals surface area contributed by atoms with Crippen molar-refractivity contribution in [3.8, 4) is 0 Å². The Balaban J connectivity index is 4.13. The highest BCUT2D eigenvalue weighted by Gasteiger charge is 2.19. The maximum absolute atomic E-state index is 11.5. The number of urea groups is 1. The molecule has 110 valence electrons. The number of hydrogen-bond donors (Lipinski definition) is 4. The van der Waals surface area contributed by atoms with Gasteiger partial charge >= 0.3 is 12.0 Å². The third kappa shape index (κ3) is 8.87. The lowest BCUT2D eigenvalue weighted by molar-refractivity contribution is -0.137. The molecule has 0 heterocycles. The number of nitrogens with one attached hydrogen (secondary N) is 3. The van der Waals surface area contributed by atoms with Crippen LogP contribution in [0, 0.1) is 5.92 Å². The summed E-state index contributed by atoms with van der Waals surface area (Å²) in [5.41, 5.74) is 0. The molecule has 0 fully saturated rings. The Hall–Kier alpha value is -1.79. The van der Waals surface area contributed by atoms with E-state index in [4.69, 9.17) is 5.11 Å².